The molecule has 1 unspecified atom stereocenters. The van der Waals surface area contributed by atoms with E-state index in [2.05, 4.69) is 20.8 Å². The van der Waals surface area contributed by atoms with E-state index in [0.717, 1.165) is 4.47 Å². The molecule has 0 saturated carbocycles. The fourth-order valence-electron chi connectivity index (χ4n) is 1.33. The summed E-state index contributed by atoms with van der Waals surface area (Å²) in [5.74, 6) is 3.99. The SMILES string of the molecule is CC(CON)(C(=O)O)c1ccccc1Br. The number of rotatable bonds is 4. The summed E-state index contributed by atoms with van der Waals surface area (Å²) in [7, 11) is 0. The molecule has 0 bridgehead atoms. The summed E-state index contributed by atoms with van der Waals surface area (Å²) in [6.07, 6.45) is 0. The van der Waals surface area contributed by atoms with Crippen LogP contribution in [0.5, 0.6) is 0 Å². The third-order valence-corrected chi connectivity index (χ3v) is 3.00. The van der Waals surface area contributed by atoms with Crippen LogP contribution < -0.4 is 5.90 Å². The first-order chi connectivity index (χ1) is 7.02. The van der Waals surface area contributed by atoms with Crippen LogP contribution in [0.1, 0.15) is 12.5 Å². The maximum absolute atomic E-state index is 11.2. The van der Waals surface area contributed by atoms with Crippen LogP contribution in [-0.4, -0.2) is 17.7 Å². The minimum Gasteiger partial charge on any atom is -0.481 e. The summed E-state index contributed by atoms with van der Waals surface area (Å²) in [5, 5.41) is 9.19. The topological polar surface area (TPSA) is 72.5 Å². The summed E-state index contributed by atoms with van der Waals surface area (Å²) in [6.45, 7) is 1.49. The summed E-state index contributed by atoms with van der Waals surface area (Å²) >= 11 is 3.31. The first-order valence-corrected chi connectivity index (χ1v) is 5.11. The van der Waals surface area contributed by atoms with Gasteiger partial charge in [0.25, 0.3) is 0 Å². The maximum atomic E-state index is 11.2. The Morgan fingerprint density at radius 2 is 2.20 bits per heavy atom. The minimum atomic E-state index is -1.14. The van der Waals surface area contributed by atoms with Crippen molar-refractivity contribution in [2.45, 2.75) is 12.3 Å². The molecule has 0 aliphatic carbocycles. The number of hydrogen-bond donors (Lipinski definition) is 2. The molecule has 1 atom stereocenters. The zero-order valence-corrected chi connectivity index (χ0v) is 9.82. The highest BCUT2D eigenvalue weighted by Crippen LogP contribution is 2.30. The Morgan fingerprint density at radius 3 is 2.67 bits per heavy atom. The number of hydrogen-bond acceptors (Lipinski definition) is 3. The van der Waals surface area contributed by atoms with Gasteiger partial charge in [0.1, 0.15) is 5.41 Å². The van der Waals surface area contributed by atoms with Gasteiger partial charge in [-0.25, -0.2) is 5.90 Å². The molecule has 0 aliphatic heterocycles. The molecule has 4 nitrogen and oxygen atoms in total. The number of aliphatic carboxylic acids is 1. The Labute approximate surface area is 96.1 Å². The van der Waals surface area contributed by atoms with E-state index in [0.29, 0.717) is 5.56 Å². The van der Waals surface area contributed by atoms with Gasteiger partial charge in [0.2, 0.25) is 0 Å². The lowest BCUT2D eigenvalue weighted by molar-refractivity contribution is -0.145. The second-order valence-electron chi connectivity index (χ2n) is 3.43. The van der Waals surface area contributed by atoms with Crippen molar-refractivity contribution in [3.63, 3.8) is 0 Å². The van der Waals surface area contributed by atoms with Gasteiger partial charge in [-0.1, -0.05) is 34.1 Å². The molecule has 0 saturated heterocycles. The van der Waals surface area contributed by atoms with Crippen LogP contribution in [-0.2, 0) is 15.0 Å². The molecule has 0 spiro atoms. The predicted molar refractivity (Wildman–Crippen MR) is 59.3 cm³/mol. The molecule has 0 heterocycles. The van der Waals surface area contributed by atoms with Gasteiger partial charge in [0.15, 0.2) is 0 Å². The molecule has 5 heteroatoms. The van der Waals surface area contributed by atoms with Crippen LogP contribution in [0.4, 0.5) is 0 Å². The monoisotopic (exact) mass is 273 g/mol. The highest BCUT2D eigenvalue weighted by atomic mass is 79.9. The van der Waals surface area contributed by atoms with Crippen LogP contribution in [0.3, 0.4) is 0 Å². The van der Waals surface area contributed by atoms with E-state index in [1.54, 1.807) is 25.1 Å². The van der Waals surface area contributed by atoms with E-state index in [1.165, 1.54) is 0 Å². The second kappa shape index (κ2) is 4.74. The van der Waals surface area contributed by atoms with Crippen LogP contribution in [0.25, 0.3) is 0 Å². The normalized spacial score (nSPS) is 14.6. The molecule has 1 rings (SSSR count). The van der Waals surface area contributed by atoms with Crippen LogP contribution in [0, 0.1) is 0 Å². The Hall–Kier alpha value is -0.910. The largest absolute Gasteiger partial charge is 0.481 e. The quantitative estimate of drug-likeness (QED) is 0.819. The van der Waals surface area contributed by atoms with Crippen molar-refractivity contribution in [3.8, 4) is 0 Å². The van der Waals surface area contributed by atoms with Gasteiger partial charge in [0, 0.05) is 4.47 Å². The molecule has 0 fully saturated rings. The van der Waals surface area contributed by atoms with Crippen molar-refractivity contribution in [1.29, 1.82) is 0 Å². The maximum Gasteiger partial charge on any atom is 0.316 e. The molecule has 3 N–H and O–H groups in total. The molecular weight excluding hydrogens is 262 g/mol. The lowest BCUT2D eigenvalue weighted by atomic mass is 9.83. The lowest BCUT2D eigenvalue weighted by Gasteiger charge is -2.24. The number of carboxylic acids is 1. The zero-order valence-electron chi connectivity index (χ0n) is 8.24. The number of benzene rings is 1. The average molecular weight is 274 g/mol. The van der Waals surface area contributed by atoms with Crippen molar-refractivity contribution in [2.24, 2.45) is 5.90 Å². The van der Waals surface area contributed by atoms with Gasteiger partial charge in [-0.15, -0.1) is 0 Å². The molecule has 15 heavy (non-hydrogen) atoms. The molecule has 0 aliphatic rings. The van der Waals surface area contributed by atoms with Gasteiger partial charge in [-0.05, 0) is 18.6 Å². The molecule has 0 aromatic heterocycles. The number of nitrogens with two attached hydrogens (primary N) is 1. The first-order valence-electron chi connectivity index (χ1n) is 4.32. The van der Waals surface area contributed by atoms with E-state index < -0.39 is 11.4 Å². The zero-order chi connectivity index (χ0) is 11.5. The standard InChI is InChI=1S/C10H12BrNO3/c1-10(6-15-12,9(13)14)7-4-2-3-5-8(7)11/h2-5H,6,12H2,1H3,(H,13,14). The Balaban J connectivity index is 3.21. The lowest BCUT2D eigenvalue weighted by Crippen LogP contribution is -2.38. The van der Waals surface area contributed by atoms with Crippen LogP contribution >= 0.6 is 15.9 Å². The minimum absolute atomic E-state index is 0.0784. The summed E-state index contributed by atoms with van der Waals surface area (Å²) in [4.78, 5) is 15.7. The first kappa shape index (κ1) is 12.2. The van der Waals surface area contributed by atoms with Crippen molar-refractivity contribution in [2.75, 3.05) is 6.61 Å². The number of carbonyl (C=O) groups is 1. The van der Waals surface area contributed by atoms with Crippen molar-refractivity contribution >= 4 is 21.9 Å². The molecule has 82 valence electrons. The summed E-state index contributed by atoms with van der Waals surface area (Å²) in [6, 6.07) is 7.11. The van der Waals surface area contributed by atoms with Gasteiger partial charge >= 0.3 is 5.97 Å². The van der Waals surface area contributed by atoms with E-state index in [-0.39, 0.29) is 6.61 Å². The smallest absolute Gasteiger partial charge is 0.316 e. The van der Waals surface area contributed by atoms with Crippen LogP contribution in [0.15, 0.2) is 28.7 Å². The Kier molecular flexibility index (Phi) is 3.84. The van der Waals surface area contributed by atoms with Gasteiger partial charge < -0.3 is 9.94 Å². The van der Waals surface area contributed by atoms with Crippen molar-refractivity contribution in [1.82, 2.24) is 0 Å². The van der Waals surface area contributed by atoms with Crippen molar-refractivity contribution < 1.29 is 14.7 Å². The van der Waals surface area contributed by atoms with Gasteiger partial charge in [-0.2, -0.15) is 0 Å². The van der Waals surface area contributed by atoms with E-state index >= 15 is 0 Å². The van der Waals surface area contributed by atoms with E-state index in [4.69, 9.17) is 5.90 Å². The summed E-state index contributed by atoms with van der Waals surface area (Å²) < 4.78 is 0.729. The van der Waals surface area contributed by atoms with Gasteiger partial charge in [0.05, 0.1) is 6.61 Å². The average Bonchev–Trinajstić information content (AvgIpc) is 2.18. The Morgan fingerprint density at radius 1 is 1.60 bits per heavy atom. The fraction of sp³-hybridized carbons (Fsp3) is 0.300. The second-order valence-corrected chi connectivity index (χ2v) is 4.28. The summed E-state index contributed by atoms with van der Waals surface area (Å²) in [5.41, 5.74) is -0.502. The number of halogens is 1. The molecule has 1 aromatic carbocycles. The Bertz CT molecular complexity index is 369. The van der Waals surface area contributed by atoms with E-state index in [9.17, 15) is 9.90 Å². The van der Waals surface area contributed by atoms with Crippen LogP contribution in [0.2, 0.25) is 0 Å². The van der Waals surface area contributed by atoms with Gasteiger partial charge in [-0.3, -0.25) is 4.79 Å². The molecule has 0 radical (unpaired) electrons. The molecule has 0 amide bonds. The third kappa shape index (κ3) is 2.37. The molecule has 1 aromatic rings. The fourth-order valence-corrected chi connectivity index (χ4v) is 2.05. The molecular formula is C10H12BrNO3. The van der Waals surface area contributed by atoms with E-state index in [1.807, 2.05) is 6.07 Å². The highest BCUT2D eigenvalue weighted by molar-refractivity contribution is 9.10. The van der Waals surface area contributed by atoms with Crippen molar-refractivity contribution in [3.05, 3.63) is 34.3 Å². The predicted octanol–water partition coefficient (Wildman–Crippen LogP) is 1.68. The highest BCUT2D eigenvalue weighted by Gasteiger charge is 2.37. The number of carboxylic acid groups (broad SMARTS) is 1. The third-order valence-electron chi connectivity index (χ3n) is 2.31.